The first-order valence-corrected chi connectivity index (χ1v) is 6.26. The maximum Gasteiger partial charge on any atom is 0.145 e. The summed E-state index contributed by atoms with van der Waals surface area (Å²) in [6.45, 7) is 0.442. The minimum absolute atomic E-state index is 0.200. The van der Waals surface area contributed by atoms with Crippen molar-refractivity contribution < 1.29 is 13.2 Å². The summed E-state index contributed by atoms with van der Waals surface area (Å²) in [4.78, 5) is 8.26. The van der Waals surface area contributed by atoms with Gasteiger partial charge in [0.2, 0.25) is 0 Å². The highest BCUT2D eigenvalue weighted by Crippen LogP contribution is 2.22. The maximum atomic E-state index is 13.7. The first kappa shape index (κ1) is 13.2. The van der Waals surface area contributed by atoms with E-state index < -0.39 is 11.6 Å². The van der Waals surface area contributed by atoms with Crippen LogP contribution in [0.5, 0.6) is 0 Å². The molecule has 0 unspecified atom stereocenters. The van der Waals surface area contributed by atoms with Crippen molar-refractivity contribution in [1.82, 2.24) is 9.97 Å². The highest BCUT2D eigenvalue weighted by molar-refractivity contribution is 5.60. The molecular formula is C15H11F2N3O. The standard InChI is InChI=1S/C15H11F2N3O/c16-10-3-4-12(13(17)6-10)14-8-18-9-15(20-14)19-7-11-2-1-5-21-11/h1-6,8-9H,7H2,(H,19,20). The molecule has 0 amide bonds. The Labute approximate surface area is 119 Å². The van der Waals surface area contributed by atoms with Gasteiger partial charge in [-0.25, -0.2) is 13.8 Å². The molecule has 0 atom stereocenters. The van der Waals surface area contributed by atoms with E-state index in [0.717, 1.165) is 11.8 Å². The molecule has 0 aliphatic carbocycles. The van der Waals surface area contributed by atoms with E-state index in [1.54, 1.807) is 12.3 Å². The van der Waals surface area contributed by atoms with Crippen molar-refractivity contribution in [3.63, 3.8) is 0 Å². The molecule has 3 rings (SSSR count). The van der Waals surface area contributed by atoms with Crippen LogP contribution in [0, 0.1) is 11.6 Å². The second-order valence-corrected chi connectivity index (χ2v) is 4.35. The lowest BCUT2D eigenvalue weighted by atomic mass is 10.1. The van der Waals surface area contributed by atoms with Crippen molar-refractivity contribution >= 4 is 5.82 Å². The van der Waals surface area contributed by atoms with Gasteiger partial charge >= 0.3 is 0 Å². The molecule has 21 heavy (non-hydrogen) atoms. The van der Waals surface area contributed by atoms with E-state index in [9.17, 15) is 8.78 Å². The number of nitrogens with one attached hydrogen (secondary N) is 1. The van der Waals surface area contributed by atoms with Crippen LogP contribution in [0.3, 0.4) is 0 Å². The van der Waals surface area contributed by atoms with Gasteiger partial charge < -0.3 is 9.73 Å². The quantitative estimate of drug-likeness (QED) is 0.796. The van der Waals surface area contributed by atoms with Crippen molar-refractivity contribution in [2.75, 3.05) is 5.32 Å². The minimum atomic E-state index is -0.674. The lowest BCUT2D eigenvalue weighted by Gasteiger charge is -2.06. The molecule has 0 spiro atoms. The number of rotatable bonds is 4. The third-order valence-corrected chi connectivity index (χ3v) is 2.87. The molecule has 2 aromatic heterocycles. The predicted molar refractivity (Wildman–Crippen MR) is 73.4 cm³/mol. The number of anilines is 1. The van der Waals surface area contributed by atoms with Crippen LogP contribution < -0.4 is 5.32 Å². The zero-order chi connectivity index (χ0) is 14.7. The number of benzene rings is 1. The van der Waals surface area contributed by atoms with Crippen LogP contribution >= 0.6 is 0 Å². The molecule has 0 bridgehead atoms. The zero-order valence-corrected chi connectivity index (χ0v) is 10.9. The summed E-state index contributed by atoms with van der Waals surface area (Å²) in [6.07, 6.45) is 4.52. The van der Waals surface area contributed by atoms with Crippen molar-refractivity contribution in [3.8, 4) is 11.3 Å². The largest absolute Gasteiger partial charge is 0.467 e. The van der Waals surface area contributed by atoms with Gasteiger partial charge in [-0.1, -0.05) is 0 Å². The van der Waals surface area contributed by atoms with Crippen molar-refractivity contribution in [2.45, 2.75) is 6.54 Å². The van der Waals surface area contributed by atoms with Gasteiger partial charge in [-0.15, -0.1) is 0 Å². The molecule has 0 saturated heterocycles. The second kappa shape index (κ2) is 5.70. The summed E-state index contributed by atoms with van der Waals surface area (Å²) >= 11 is 0. The summed E-state index contributed by atoms with van der Waals surface area (Å²) in [5.74, 6) is -0.0772. The molecule has 0 fully saturated rings. The number of hydrogen-bond acceptors (Lipinski definition) is 4. The van der Waals surface area contributed by atoms with Crippen molar-refractivity contribution in [1.29, 1.82) is 0 Å². The van der Waals surface area contributed by atoms with E-state index in [0.29, 0.717) is 18.1 Å². The van der Waals surface area contributed by atoms with Crippen molar-refractivity contribution in [3.05, 3.63) is 66.4 Å². The highest BCUT2D eigenvalue weighted by atomic mass is 19.1. The molecule has 1 N–H and O–H groups in total. The Bertz CT molecular complexity index is 744. The van der Waals surface area contributed by atoms with Gasteiger partial charge in [-0.2, -0.15) is 0 Å². The summed E-state index contributed by atoms with van der Waals surface area (Å²) in [5, 5.41) is 3.02. The molecule has 0 aliphatic heterocycles. The van der Waals surface area contributed by atoms with Crippen LogP contribution in [0.2, 0.25) is 0 Å². The van der Waals surface area contributed by atoms with Crippen LogP contribution in [0.25, 0.3) is 11.3 Å². The van der Waals surface area contributed by atoms with Gasteiger partial charge in [0.05, 0.1) is 30.9 Å². The number of furan rings is 1. The van der Waals surface area contributed by atoms with E-state index in [1.807, 2.05) is 6.07 Å². The predicted octanol–water partition coefficient (Wildman–Crippen LogP) is 3.63. The third-order valence-electron chi connectivity index (χ3n) is 2.87. The molecule has 3 aromatic rings. The van der Waals surface area contributed by atoms with E-state index in [-0.39, 0.29) is 5.56 Å². The molecule has 0 saturated carbocycles. The van der Waals surface area contributed by atoms with Crippen LogP contribution in [0.1, 0.15) is 5.76 Å². The Balaban J connectivity index is 1.82. The Kier molecular flexibility index (Phi) is 3.59. The minimum Gasteiger partial charge on any atom is -0.467 e. The number of hydrogen-bond donors (Lipinski definition) is 1. The topological polar surface area (TPSA) is 51.0 Å². The molecule has 106 valence electrons. The Morgan fingerprint density at radius 3 is 2.81 bits per heavy atom. The van der Waals surface area contributed by atoms with E-state index >= 15 is 0 Å². The molecule has 0 aliphatic rings. The van der Waals surface area contributed by atoms with E-state index in [2.05, 4.69) is 15.3 Å². The van der Waals surface area contributed by atoms with Gasteiger partial charge in [-0.05, 0) is 24.3 Å². The van der Waals surface area contributed by atoms with Gasteiger partial charge in [-0.3, -0.25) is 4.98 Å². The first-order chi connectivity index (χ1) is 10.2. The number of aromatic nitrogens is 2. The third kappa shape index (κ3) is 3.05. The second-order valence-electron chi connectivity index (χ2n) is 4.35. The van der Waals surface area contributed by atoms with Crippen LogP contribution in [-0.2, 0) is 6.54 Å². The van der Waals surface area contributed by atoms with Gasteiger partial charge in [0.25, 0.3) is 0 Å². The van der Waals surface area contributed by atoms with Crippen LogP contribution in [0.4, 0.5) is 14.6 Å². The van der Waals surface area contributed by atoms with Crippen molar-refractivity contribution in [2.24, 2.45) is 0 Å². The fraction of sp³-hybridized carbons (Fsp3) is 0.0667. The SMILES string of the molecule is Fc1ccc(-c2cncc(NCc3ccco3)n2)c(F)c1. The number of halogens is 2. The molecule has 1 aromatic carbocycles. The summed E-state index contributed by atoms with van der Waals surface area (Å²) in [5.41, 5.74) is 0.530. The normalized spacial score (nSPS) is 10.6. The van der Waals surface area contributed by atoms with Gasteiger partial charge in [0.15, 0.2) is 0 Å². The molecule has 2 heterocycles. The van der Waals surface area contributed by atoms with Crippen LogP contribution in [-0.4, -0.2) is 9.97 Å². The fourth-order valence-corrected chi connectivity index (χ4v) is 1.87. The Hall–Kier alpha value is -2.76. The average Bonchev–Trinajstić information content (AvgIpc) is 2.99. The first-order valence-electron chi connectivity index (χ1n) is 6.26. The van der Waals surface area contributed by atoms with Gasteiger partial charge in [0.1, 0.15) is 23.2 Å². The van der Waals surface area contributed by atoms with E-state index in [1.165, 1.54) is 24.5 Å². The molecular weight excluding hydrogens is 276 g/mol. The molecule has 0 radical (unpaired) electrons. The van der Waals surface area contributed by atoms with Gasteiger partial charge in [0, 0.05) is 11.6 Å². The maximum absolute atomic E-state index is 13.7. The highest BCUT2D eigenvalue weighted by Gasteiger charge is 2.09. The Morgan fingerprint density at radius 2 is 2.05 bits per heavy atom. The zero-order valence-electron chi connectivity index (χ0n) is 10.9. The Morgan fingerprint density at radius 1 is 1.14 bits per heavy atom. The smallest absolute Gasteiger partial charge is 0.145 e. The molecule has 6 heteroatoms. The summed E-state index contributed by atoms with van der Waals surface area (Å²) < 4.78 is 31.8. The lowest BCUT2D eigenvalue weighted by Crippen LogP contribution is -2.02. The summed E-state index contributed by atoms with van der Waals surface area (Å²) in [6, 6.07) is 6.95. The van der Waals surface area contributed by atoms with E-state index in [4.69, 9.17) is 4.42 Å². The monoisotopic (exact) mass is 287 g/mol. The lowest BCUT2D eigenvalue weighted by molar-refractivity contribution is 0.518. The van der Waals surface area contributed by atoms with Crippen LogP contribution in [0.15, 0.2) is 53.4 Å². The fourth-order valence-electron chi connectivity index (χ4n) is 1.87. The number of nitrogens with zero attached hydrogens (tertiary/aromatic N) is 2. The average molecular weight is 287 g/mol. The molecule has 4 nitrogen and oxygen atoms in total. The summed E-state index contributed by atoms with van der Waals surface area (Å²) in [7, 11) is 0.